The molecule has 0 unspecified atom stereocenters. The number of halogens is 1. The van der Waals surface area contributed by atoms with Crippen LogP contribution in [0, 0.1) is 0 Å². The monoisotopic (exact) mass is 296 g/mol. The Kier molecular flexibility index (Phi) is 5.20. The Bertz CT molecular complexity index is 472. The summed E-state index contributed by atoms with van der Waals surface area (Å²) in [6.45, 7) is 6.21. The molecule has 1 aromatic heterocycles. The van der Waals surface area contributed by atoms with Crippen LogP contribution in [0.3, 0.4) is 0 Å². The van der Waals surface area contributed by atoms with Gasteiger partial charge in [-0.1, -0.05) is 18.5 Å². The smallest absolute Gasteiger partial charge is 0.255 e. The van der Waals surface area contributed by atoms with Crippen LogP contribution in [0.15, 0.2) is 12.3 Å². The number of pyridine rings is 1. The lowest BCUT2D eigenvalue weighted by atomic mass is 10.2. The molecule has 0 radical (unpaired) electrons. The van der Waals surface area contributed by atoms with Crippen molar-refractivity contribution in [1.82, 2.24) is 14.8 Å². The third-order valence-electron chi connectivity index (χ3n) is 3.42. The van der Waals surface area contributed by atoms with Crippen LogP contribution in [0.5, 0.6) is 0 Å². The Labute approximate surface area is 124 Å². The topological polar surface area (TPSA) is 48.5 Å². The summed E-state index contributed by atoms with van der Waals surface area (Å²) in [4.78, 5) is 20.7. The number of piperazine rings is 1. The van der Waals surface area contributed by atoms with Gasteiger partial charge in [0.15, 0.2) is 0 Å². The Hall–Kier alpha value is -1.33. The van der Waals surface area contributed by atoms with Gasteiger partial charge < -0.3 is 15.1 Å². The maximum atomic E-state index is 12.4. The Morgan fingerprint density at radius 1 is 1.40 bits per heavy atom. The molecule has 0 saturated carbocycles. The van der Waals surface area contributed by atoms with Crippen LogP contribution < -0.4 is 5.32 Å². The second-order valence-corrected chi connectivity index (χ2v) is 5.48. The van der Waals surface area contributed by atoms with E-state index >= 15 is 0 Å². The molecular formula is C14H21ClN4O. The zero-order valence-electron chi connectivity index (χ0n) is 12.0. The van der Waals surface area contributed by atoms with E-state index in [2.05, 4.69) is 29.2 Å². The highest BCUT2D eigenvalue weighted by Crippen LogP contribution is 2.21. The molecule has 0 atom stereocenters. The number of carbonyl (C=O) groups excluding carboxylic acids is 1. The number of rotatable bonds is 4. The molecule has 1 aliphatic rings. The molecule has 1 N–H and O–H groups in total. The van der Waals surface area contributed by atoms with Gasteiger partial charge in [0.1, 0.15) is 5.82 Å². The van der Waals surface area contributed by atoms with Crippen LogP contribution in [0.1, 0.15) is 23.7 Å². The van der Waals surface area contributed by atoms with Crippen LogP contribution in [-0.2, 0) is 0 Å². The average molecular weight is 297 g/mol. The highest BCUT2D eigenvalue weighted by atomic mass is 35.5. The van der Waals surface area contributed by atoms with Gasteiger partial charge in [-0.25, -0.2) is 4.98 Å². The molecule has 1 aromatic rings. The number of hydrogen-bond donors (Lipinski definition) is 1. The number of likely N-dealkylation sites (N-methyl/N-ethyl adjacent to an activating group) is 1. The van der Waals surface area contributed by atoms with Gasteiger partial charge in [0.05, 0.1) is 10.6 Å². The first-order valence-corrected chi connectivity index (χ1v) is 7.37. The van der Waals surface area contributed by atoms with Gasteiger partial charge in [0.25, 0.3) is 5.91 Å². The molecule has 20 heavy (non-hydrogen) atoms. The van der Waals surface area contributed by atoms with Crippen LogP contribution in [0.25, 0.3) is 0 Å². The van der Waals surface area contributed by atoms with Crippen LogP contribution >= 0.6 is 11.6 Å². The lowest BCUT2D eigenvalue weighted by Gasteiger charge is -2.32. The zero-order valence-corrected chi connectivity index (χ0v) is 12.8. The number of amides is 1. The average Bonchev–Trinajstić information content (AvgIpc) is 2.46. The van der Waals surface area contributed by atoms with Crippen molar-refractivity contribution in [3.63, 3.8) is 0 Å². The van der Waals surface area contributed by atoms with Gasteiger partial charge in [0, 0.05) is 38.9 Å². The van der Waals surface area contributed by atoms with Crippen LogP contribution in [0.2, 0.25) is 5.02 Å². The van der Waals surface area contributed by atoms with E-state index in [1.54, 1.807) is 12.3 Å². The van der Waals surface area contributed by atoms with Crippen LogP contribution in [-0.4, -0.2) is 60.5 Å². The first-order valence-electron chi connectivity index (χ1n) is 6.99. The summed E-state index contributed by atoms with van der Waals surface area (Å²) in [5, 5.41) is 3.64. The van der Waals surface area contributed by atoms with Crippen molar-refractivity contribution in [3.05, 3.63) is 22.8 Å². The predicted molar refractivity (Wildman–Crippen MR) is 81.4 cm³/mol. The molecule has 1 saturated heterocycles. The van der Waals surface area contributed by atoms with Crippen molar-refractivity contribution in [2.24, 2.45) is 0 Å². The fraction of sp³-hybridized carbons (Fsp3) is 0.571. The van der Waals surface area contributed by atoms with E-state index < -0.39 is 0 Å². The molecule has 6 heteroatoms. The standard InChI is InChI=1S/C14H21ClN4O/c1-3-4-16-13-12(15)9-11(10-17-13)14(20)19-7-5-18(2)6-8-19/h9-10H,3-8H2,1-2H3,(H,16,17). The largest absolute Gasteiger partial charge is 0.369 e. The maximum absolute atomic E-state index is 12.4. The highest BCUT2D eigenvalue weighted by Gasteiger charge is 2.21. The normalized spacial score (nSPS) is 16.2. The molecule has 1 fully saturated rings. The second kappa shape index (κ2) is 6.90. The number of nitrogens with one attached hydrogen (secondary N) is 1. The molecule has 0 aromatic carbocycles. The Balaban J connectivity index is 2.05. The van der Waals surface area contributed by atoms with Crippen molar-refractivity contribution in [3.8, 4) is 0 Å². The fourth-order valence-corrected chi connectivity index (χ4v) is 2.35. The summed E-state index contributed by atoms with van der Waals surface area (Å²) in [6.07, 6.45) is 2.60. The number of aromatic nitrogens is 1. The molecule has 110 valence electrons. The zero-order chi connectivity index (χ0) is 14.5. The molecule has 0 aliphatic carbocycles. The fourth-order valence-electron chi connectivity index (χ4n) is 2.12. The summed E-state index contributed by atoms with van der Waals surface area (Å²) in [6, 6.07) is 1.70. The van der Waals surface area contributed by atoms with E-state index in [-0.39, 0.29) is 5.91 Å². The molecule has 0 spiro atoms. The minimum absolute atomic E-state index is 0.00883. The highest BCUT2D eigenvalue weighted by molar-refractivity contribution is 6.33. The van der Waals surface area contributed by atoms with Crippen molar-refractivity contribution < 1.29 is 4.79 Å². The third-order valence-corrected chi connectivity index (χ3v) is 3.71. The van der Waals surface area contributed by atoms with Gasteiger partial charge in [-0.05, 0) is 19.5 Å². The van der Waals surface area contributed by atoms with Crippen molar-refractivity contribution in [1.29, 1.82) is 0 Å². The number of hydrogen-bond acceptors (Lipinski definition) is 4. The van der Waals surface area contributed by atoms with Gasteiger partial charge >= 0.3 is 0 Å². The third kappa shape index (κ3) is 3.61. The molecule has 1 aliphatic heterocycles. The minimum atomic E-state index is 0.00883. The van der Waals surface area contributed by atoms with E-state index in [0.29, 0.717) is 16.4 Å². The molecular weight excluding hydrogens is 276 g/mol. The lowest BCUT2D eigenvalue weighted by molar-refractivity contribution is 0.0663. The quantitative estimate of drug-likeness (QED) is 0.922. The summed E-state index contributed by atoms with van der Waals surface area (Å²) < 4.78 is 0. The van der Waals surface area contributed by atoms with Crippen molar-refractivity contribution >= 4 is 23.3 Å². The van der Waals surface area contributed by atoms with E-state index in [0.717, 1.165) is 39.1 Å². The van der Waals surface area contributed by atoms with Gasteiger partial charge in [-0.15, -0.1) is 0 Å². The summed E-state index contributed by atoms with van der Waals surface area (Å²) in [5.41, 5.74) is 0.557. The summed E-state index contributed by atoms with van der Waals surface area (Å²) >= 11 is 6.17. The van der Waals surface area contributed by atoms with Crippen LogP contribution in [0.4, 0.5) is 5.82 Å². The maximum Gasteiger partial charge on any atom is 0.255 e. The first kappa shape index (κ1) is 15.1. The lowest BCUT2D eigenvalue weighted by Crippen LogP contribution is -2.47. The number of anilines is 1. The SMILES string of the molecule is CCCNc1ncc(C(=O)N2CCN(C)CC2)cc1Cl. The van der Waals surface area contributed by atoms with E-state index in [9.17, 15) is 4.79 Å². The number of nitrogens with zero attached hydrogens (tertiary/aromatic N) is 3. The van der Waals surface area contributed by atoms with E-state index in [1.807, 2.05) is 4.90 Å². The first-order chi connectivity index (χ1) is 9.61. The molecule has 1 amide bonds. The van der Waals surface area contributed by atoms with E-state index in [1.165, 1.54) is 0 Å². The summed E-state index contributed by atoms with van der Waals surface area (Å²) in [5.74, 6) is 0.651. The van der Waals surface area contributed by atoms with Gasteiger partial charge in [-0.3, -0.25) is 4.79 Å². The van der Waals surface area contributed by atoms with Crippen molar-refractivity contribution in [2.75, 3.05) is 45.1 Å². The Morgan fingerprint density at radius 3 is 2.70 bits per heavy atom. The molecule has 2 rings (SSSR count). The van der Waals surface area contributed by atoms with Crippen molar-refractivity contribution in [2.45, 2.75) is 13.3 Å². The predicted octanol–water partition coefficient (Wildman–Crippen LogP) is 1.94. The molecule has 5 nitrogen and oxygen atoms in total. The molecule has 2 heterocycles. The summed E-state index contributed by atoms with van der Waals surface area (Å²) in [7, 11) is 2.06. The van der Waals surface area contributed by atoms with Gasteiger partial charge in [0.2, 0.25) is 0 Å². The second-order valence-electron chi connectivity index (χ2n) is 5.08. The Morgan fingerprint density at radius 2 is 2.10 bits per heavy atom. The number of carbonyl (C=O) groups is 1. The van der Waals surface area contributed by atoms with Gasteiger partial charge in [-0.2, -0.15) is 0 Å². The minimum Gasteiger partial charge on any atom is -0.369 e. The molecule has 0 bridgehead atoms. The van der Waals surface area contributed by atoms with E-state index in [4.69, 9.17) is 11.6 Å².